The van der Waals surface area contributed by atoms with Crippen LogP contribution in [0.15, 0.2) is 30.3 Å². The van der Waals surface area contributed by atoms with E-state index in [1.807, 2.05) is 30.3 Å². The van der Waals surface area contributed by atoms with Crippen molar-refractivity contribution < 1.29 is 13.3 Å². The molecule has 22 heavy (non-hydrogen) atoms. The summed E-state index contributed by atoms with van der Waals surface area (Å²) in [6, 6.07) is 10.7. The van der Waals surface area contributed by atoms with Crippen LogP contribution in [0.25, 0.3) is 0 Å². The molecular weight excluding hydrogens is 292 g/mol. The standard InChI is InChI=1S/C18H32O3Si/c1-4-5-6-7-8-9-10-14-17-22(19-2,20-3)21-18-15-12-11-13-16-18/h11-13,15-16H,4-10,14,17H2,1-3H3. The van der Waals surface area contributed by atoms with E-state index in [0.29, 0.717) is 0 Å². The Morgan fingerprint density at radius 2 is 1.32 bits per heavy atom. The van der Waals surface area contributed by atoms with Gasteiger partial charge >= 0.3 is 8.80 Å². The third-order valence-corrected chi connectivity index (χ3v) is 6.73. The first-order chi connectivity index (χ1) is 10.8. The number of hydrogen-bond acceptors (Lipinski definition) is 3. The van der Waals surface area contributed by atoms with Gasteiger partial charge in [0.1, 0.15) is 5.75 Å². The summed E-state index contributed by atoms with van der Waals surface area (Å²) in [7, 11) is 0.830. The van der Waals surface area contributed by atoms with Crippen LogP contribution in [-0.4, -0.2) is 23.0 Å². The van der Waals surface area contributed by atoms with E-state index in [0.717, 1.165) is 18.2 Å². The van der Waals surface area contributed by atoms with Crippen molar-refractivity contribution in [3.63, 3.8) is 0 Å². The molecule has 4 heteroatoms. The van der Waals surface area contributed by atoms with Crippen molar-refractivity contribution in [2.45, 2.75) is 64.3 Å². The van der Waals surface area contributed by atoms with Gasteiger partial charge in [0.2, 0.25) is 0 Å². The van der Waals surface area contributed by atoms with Gasteiger partial charge in [0.15, 0.2) is 0 Å². The van der Waals surface area contributed by atoms with Crippen LogP contribution in [-0.2, 0) is 8.85 Å². The first-order valence-electron chi connectivity index (χ1n) is 8.60. The Hall–Kier alpha value is -0.843. The molecule has 0 aliphatic heterocycles. The number of rotatable bonds is 13. The van der Waals surface area contributed by atoms with Crippen LogP contribution in [0.2, 0.25) is 6.04 Å². The van der Waals surface area contributed by atoms with Crippen LogP contribution >= 0.6 is 0 Å². The van der Waals surface area contributed by atoms with Gasteiger partial charge in [0, 0.05) is 20.3 Å². The van der Waals surface area contributed by atoms with E-state index in [9.17, 15) is 0 Å². The highest BCUT2D eigenvalue weighted by atomic mass is 28.4. The zero-order valence-corrected chi connectivity index (χ0v) is 15.5. The number of para-hydroxylation sites is 1. The average molecular weight is 325 g/mol. The van der Waals surface area contributed by atoms with E-state index >= 15 is 0 Å². The number of benzene rings is 1. The summed E-state index contributed by atoms with van der Waals surface area (Å²) >= 11 is 0. The molecule has 0 atom stereocenters. The van der Waals surface area contributed by atoms with Crippen molar-refractivity contribution in [1.82, 2.24) is 0 Å². The molecule has 0 aliphatic rings. The lowest BCUT2D eigenvalue weighted by atomic mass is 10.1. The van der Waals surface area contributed by atoms with Crippen LogP contribution in [0.3, 0.4) is 0 Å². The van der Waals surface area contributed by atoms with Crippen LogP contribution in [0, 0.1) is 0 Å². The van der Waals surface area contributed by atoms with Gasteiger partial charge in [-0.05, 0) is 18.6 Å². The maximum Gasteiger partial charge on any atom is 0.565 e. The first kappa shape index (κ1) is 19.2. The maximum atomic E-state index is 6.05. The van der Waals surface area contributed by atoms with Crippen molar-refractivity contribution in [1.29, 1.82) is 0 Å². The lowest BCUT2D eigenvalue weighted by Gasteiger charge is -2.26. The molecule has 126 valence electrons. The second-order valence-electron chi connectivity index (χ2n) is 5.73. The molecule has 0 aromatic heterocycles. The minimum atomic E-state index is -2.57. The van der Waals surface area contributed by atoms with Gasteiger partial charge in [-0.15, -0.1) is 0 Å². The summed E-state index contributed by atoms with van der Waals surface area (Å²) in [4.78, 5) is 0. The molecule has 0 heterocycles. The highest BCUT2D eigenvalue weighted by Crippen LogP contribution is 2.22. The van der Waals surface area contributed by atoms with Gasteiger partial charge in [0.25, 0.3) is 0 Å². The molecule has 0 radical (unpaired) electrons. The van der Waals surface area contributed by atoms with Crippen LogP contribution in [0.5, 0.6) is 5.75 Å². The van der Waals surface area contributed by atoms with Crippen LogP contribution in [0.4, 0.5) is 0 Å². The molecule has 0 bridgehead atoms. The minimum Gasteiger partial charge on any atom is -0.501 e. The fourth-order valence-electron chi connectivity index (χ4n) is 2.57. The second-order valence-corrected chi connectivity index (χ2v) is 8.62. The lowest BCUT2D eigenvalue weighted by molar-refractivity contribution is 0.159. The summed E-state index contributed by atoms with van der Waals surface area (Å²) in [6.45, 7) is 2.26. The van der Waals surface area contributed by atoms with Gasteiger partial charge in [-0.3, -0.25) is 0 Å². The zero-order valence-electron chi connectivity index (χ0n) is 14.5. The Labute approximate surface area is 137 Å². The second kappa shape index (κ2) is 11.7. The molecule has 0 spiro atoms. The third kappa shape index (κ3) is 7.43. The summed E-state index contributed by atoms with van der Waals surface area (Å²) in [5.74, 6) is 0.831. The van der Waals surface area contributed by atoms with Gasteiger partial charge < -0.3 is 13.3 Å². The van der Waals surface area contributed by atoms with Crippen LogP contribution in [0.1, 0.15) is 58.3 Å². The Bertz CT molecular complexity index is 366. The third-order valence-electron chi connectivity index (χ3n) is 3.98. The van der Waals surface area contributed by atoms with Crippen molar-refractivity contribution >= 4 is 8.80 Å². The van der Waals surface area contributed by atoms with Crippen LogP contribution < -0.4 is 4.43 Å². The largest absolute Gasteiger partial charge is 0.565 e. The van der Waals surface area contributed by atoms with E-state index < -0.39 is 8.80 Å². The quantitative estimate of drug-likeness (QED) is 0.357. The predicted molar refractivity (Wildman–Crippen MR) is 94.3 cm³/mol. The molecular formula is C18H32O3Si. The molecule has 0 saturated carbocycles. The van der Waals surface area contributed by atoms with E-state index in [2.05, 4.69) is 6.92 Å². The molecule has 0 saturated heterocycles. The molecule has 0 amide bonds. The molecule has 0 aliphatic carbocycles. The fourth-order valence-corrected chi connectivity index (χ4v) is 4.59. The van der Waals surface area contributed by atoms with Crippen molar-refractivity contribution in [3.8, 4) is 5.75 Å². The highest BCUT2D eigenvalue weighted by Gasteiger charge is 2.40. The normalized spacial score (nSPS) is 11.6. The summed E-state index contributed by atoms with van der Waals surface area (Å²) in [5.41, 5.74) is 0. The minimum absolute atomic E-state index is 0.831. The molecule has 0 fully saturated rings. The summed E-state index contributed by atoms with van der Waals surface area (Å²) in [5, 5.41) is 0. The Morgan fingerprint density at radius 3 is 1.86 bits per heavy atom. The highest BCUT2D eigenvalue weighted by molar-refractivity contribution is 6.61. The smallest absolute Gasteiger partial charge is 0.501 e. The van der Waals surface area contributed by atoms with E-state index in [4.69, 9.17) is 13.3 Å². The predicted octanol–water partition coefficient (Wildman–Crippen LogP) is 5.44. The molecule has 3 nitrogen and oxygen atoms in total. The van der Waals surface area contributed by atoms with Crippen molar-refractivity contribution in [2.75, 3.05) is 14.2 Å². The topological polar surface area (TPSA) is 27.7 Å². The monoisotopic (exact) mass is 324 g/mol. The Kier molecular flexibility index (Phi) is 10.2. The van der Waals surface area contributed by atoms with Crippen molar-refractivity contribution in [3.05, 3.63) is 30.3 Å². The summed E-state index contributed by atoms with van der Waals surface area (Å²) < 4.78 is 17.3. The van der Waals surface area contributed by atoms with Gasteiger partial charge in [-0.1, -0.05) is 70.1 Å². The number of hydrogen-bond donors (Lipinski definition) is 0. The molecule has 0 unspecified atom stereocenters. The van der Waals surface area contributed by atoms with Gasteiger partial charge in [-0.25, -0.2) is 0 Å². The van der Waals surface area contributed by atoms with Crippen molar-refractivity contribution in [2.24, 2.45) is 0 Å². The summed E-state index contributed by atoms with van der Waals surface area (Å²) in [6.07, 6.45) is 10.4. The Morgan fingerprint density at radius 1 is 0.773 bits per heavy atom. The van der Waals surface area contributed by atoms with Gasteiger partial charge in [-0.2, -0.15) is 0 Å². The number of unbranched alkanes of at least 4 members (excludes halogenated alkanes) is 7. The van der Waals surface area contributed by atoms with E-state index in [1.165, 1.54) is 44.9 Å². The SMILES string of the molecule is CCCCCCCCCC[Si](OC)(OC)Oc1ccccc1. The first-order valence-corrected chi connectivity index (χ1v) is 10.5. The van der Waals surface area contributed by atoms with Gasteiger partial charge in [0.05, 0.1) is 0 Å². The molecule has 1 aromatic carbocycles. The Balaban J connectivity index is 2.28. The lowest BCUT2D eigenvalue weighted by Crippen LogP contribution is -2.46. The van der Waals surface area contributed by atoms with E-state index in [-0.39, 0.29) is 0 Å². The average Bonchev–Trinajstić information content (AvgIpc) is 2.57. The maximum absolute atomic E-state index is 6.05. The zero-order chi connectivity index (χ0) is 16.1. The van der Waals surface area contributed by atoms with E-state index in [1.54, 1.807) is 14.2 Å². The molecule has 1 aromatic rings. The molecule has 0 N–H and O–H groups in total. The fraction of sp³-hybridized carbons (Fsp3) is 0.667. The molecule has 1 rings (SSSR count).